The number of aryl methyl sites for hydroxylation is 2. The van der Waals surface area contributed by atoms with Gasteiger partial charge in [-0.2, -0.15) is 0 Å². The van der Waals surface area contributed by atoms with Gasteiger partial charge in [-0.25, -0.2) is 20.4 Å². The number of nitrogens with one attached hydrogen (secondary N) is 3. The number of pyridine rings is 2. The number of hydrogen-bond donors (Lipinski definition) is 3. The summed E-state index contributed by atoms with van der Waals surface area (Å²) in [4.78, 5) is 57.9. The summed E-state index contributed by atoms with van der Waals surface area (Å²) >= 11 is 5.23. The molecule has 0 saturated heterocycles. The third-order valence-corrected chi connectivity index (χ3v) is 11.7. The van der Waals surface area contributed by atoms with Gasteiger partial charge in [0, 0.05) is 29.6 Å². The Hall–Kier alpha value is -5.33. The molecule has 0 aliphatic carbocycles. The second kappa shape index (κ2) is 33.2. The Morgan fingerprint density at radius 3 is 1.46 bits per heavy atom. The van der Waals surface area contributed by atoms with Crippen LogP contribution in [-0.4, -0.2) is 64.2 Å². The number of nitrogens with zero attached hydrogens (tertiary/aromatic N) is 3. The number of benzene rings is 2. The van der Waals surface area contributed by atoms with E-state index in [0.29, 0.717) is 16.7 Å². The molecule has 3 N–H and O–H groups in total. The van der Waals surface area contributed by atoms with Crippen LogP contribution in [-0.2, 0) is 12.8 Å². The highest BCUT2D eigenvalue weighted by atomic mass is 35.5. The predicted molar refractivity (Wildman–Crippen MR) is 285 cm³/mol. The minimum atomic E-state index is -0.560. The highest BCUT2D eigenvalue weighted by Gasteiger charge is 2.36. The first-order valence-corrected chi connectivity index (χ1v) is 24.3. The van der Waals surface area contributed by atoms with Crippen LogP contribution >= 0.6 is 11.6 Å². The van der Waals surface area contributed by atoms with Gasteiger partial charge in [0.1, 0.15) is 5.56 Å². The number of amides is 3. The predicted octanol–water partition coefficient (Wildman–Crippen LogP) is 13.4. The molecule has 384 valence electrons. The quantitative estimate of drug-likeness (QED) is 0.0421. The van der Waals surface area contributed by atoms with Crippen LogP contribution in [0.3, 0.4) is 0 Å². The molecule has 3 amide bonds. The molecule has 0 fully saturated rings. The Kier molecular flexibility index (Phi) is 30.7. The Bertz CT molecular complexity index is 2080. The van der Waals surface area contributed by atoms with Crippen LogP contribution in [0.2, 0.25) is 0 Å². The highest BCUT2D eigenvalue weighted by Crippen LogP contribution is 2.31. The lowest BCUT2D eigenvalue weighted by molar-refractivity contribution is 0.0263. The molecular weight excluding hydrogens is 888 g/mol. The molecule has 0 aliphatic heterocycles. The smallest absolute Gasteiger partial charge is 0.278 e. The topological polar surface area (TPSA) is 152 Å². The summed E-state index contributed by atoms with van der Waals surface area (Å²) in [5.74, 6) is -0.193. The standard InChI is InChI=1S/C27H39N3O3.C20H34N2O.C7H6ClNO2.2CH4/c1-7-9-10-11-14-23(27(3,4)5)30(26(32)22-13-12-19-28-25(22)33-6)29-24(31)21-17-15-20(8-2)16-18-21;1-6-8-9-10-11-18(20(3,4)5)21-22-19(23)17-14-12-16(7-2)13-15-17;1-11-7-5(6(8)10)3-2-4-9-7;;/h12-13,15-19,23H,7-11,14H2,1-6H3,(H,29,31);12-15,18,21H,6-11H2,1-5H3,(H,22,23);2-4H,1H3;2*1H4. The fraction of sp³-hybridized carbons (Fsp3) is 0.536. The van der Waals surface area contributed by atoms with Gasteiger partial charge >= 0.3 is 0 Å². The van der Waals surface area contributed by atoms with Crippen molar-refractivity contribution in [2.75, 3.05) is 14.2 Å². The molecule has 0 saturated carbocycles. The van der Waals surface area contributed by atoms with E-state index in [1.807, 2.05) is 36.4 Å². The Morgan fingerprint density at radius 2 is 1.06 bits per heavy atom. The number of unbranched alkanes of at least 4 members (excludes halogenated alkanes) is 6. The second-order valence-corrected chi connectivity index (χ2v) is 19.1. The Balaban J connectivity index is 0.00000111. The molecule has 2 heterocycles. The van der Waals surface area contributed by atoms with Gasteiger partial charge in [0.2, 0.25) is 11.8 Å². The summed E-state index contributed by atoms with van der Waals surface area (Å²) in [6.07, 6.45) is 16.2. The molecule has 0 radical (unpaired) electrons. The van der Waals surface area contributed by atoms with Gasteiger partial charge in [0.15, 0.2) is 0 Å². The summed E-state index contributed by atoms with van der Waals surface area (Å²) in [5, 5.41) is 0.941. The van der Waals surface area contributed by atoms with E-state index in [2.05, 4.69) is 95.5 Å². The van der Waals surface area contributed by atoms with Crippen LogP contribution < -0.4 is 25.8 Å². The Labute approximate surface area is 421 Å². The van der Waals surface area contributed by atoms with Gasteiger partial charge in [-0.05, 0) is 108 Å². The van der Waals surface area contributed by atoms with Crippen molar-refractivity contribution in [3.8, 4) is 11.8 Å². The first-order chi connectivity index (χ1) is 31.9. The van der Waals surface area contributed by atoms with Crippen molar-refractivity contribution in [1.29, 1.82) is 0 Å². The van der Waals surface area contributed by atoms with Gasteiger partial charge in [0.25, 0.3) is 23.0 Å². The van der Waals surface area contributed by atoms with Gasteiger partial charge in [-0.3, -0.25) is 30.0 Å². The zero-order valence-corrected chi connectivity index (χ0v) is 43.1. The van der Waals surface area contributed by atoms with Crippen molar-refractivity contribution in [3.63, 3.8) is 0 Å². The summed E-state index contributed by atoms with van der Waals surface area (Å²) < 4.78 is 10.1. The molecule has 2 atom stereocenters. The number of hydrogen-bond acceptors (Lipinski definition) is 9. The number of ether oxygens (including phenoxy) is 2. The summed E-state index contributed by atoms with van der Waals surface area (Å²) in [7, 11) is 2.93. The zero-order valence-electron chi connectivity index (χ0n) is 42.4. The van der Waals surface area contributed by atoms with E-state index in [-0.39, 0.29) is 72.8 Å². The molecular formula is C56H87ClN6O6. The van der Waals surface area contributed by atoms with Crippen molar-refractivity contribution in [2.45, 2.75) is 173 Å². The van der Waals surface area contributed by atoms with Gasteiger partial charge in [0.05, 0.1) is 25.8 Å². The average molecular weight is 976 g/mol. The average Bonchev–Trinajstić information content (AvgIpc) is 3.32. The number of aromatic nitrogens is 2. The number of rotatable bonds is 21. The summed E-state index contributed by atoms with van der Waals surface area (Å²) in [6.45, 7) is 21.5. The fourth-order valence-corrected chi connectivity index (χ4v) is 7.36. The minimum Gasteiger partial charge on any atom is -0.480 e. The molecule has 0 bridgehead atoms. The SMILES string of the molecule is C.C.CCCCCCC(N(NC(=O)c1ccc(CC)cc1)C(=O)c1cccnc1OC)C(C)(C)C.CCCCCCC(NNC(=O)c1ccc(CC)cc1)C(C)(C)C.COc1ncccc1C(=O)Cl. The molecule has 0 spiro atoms. The van der Waals surface area contributed by atoms with Crippen LogP contribution in [0.4, 0.5) is 0 Å². The normalized spacial score (nSPS) is 11.6. The lowest BCUT2D eigenvalue weighted by Gasteiger charge is -2.40. The van der Waals surface area contributed by atoms with E-state index < -0.39 is 5.24 Å². The van der Waals surface area contributed by atoms with Crippen molar-refractivity contribution in [3.05, 3.63) is 119 Å². The van der Waals surface area contributed by atoms with Crippen molar-refractivity contribution >= 4 is 34.6 Å². The largest absolute Gasteiger partial charge is 0.480 e. The van der Waals surface area contributed by atoms with Crippen LogP contribution in [0.5, 0.6) is 11.8 Å². The van der Waals surface area contributed by atoms with Crippen molar-refractivity contribution in [2.24, 2.45) is 10.8 Å². The molecule has 69 heavy (non-hydrogen) atoms. The van der Waals surface area contributed by atoms with E-state index in [4.69, 9.17) is 21.1 Å². The maximum absolute atomic E-state index is 13.8. The first-order valence-electron chi connectivity index (χ1n) is 23.9. The molecule has 2 aromatic carbocycles. The molecule has 13 heteroatoms. The van der Waals surface area contributed by atoms with E-state index in [9.17, 15) is 19.2 Å². The number of hydrazine groups is 2. The van der Waals surface area contributed by atoms with Crippen molar-refractivity contribution in [1.82, 2.24) is 31.3 Å². The van der Waals surface area contributed by atoms with Crippen LogP contribution in [0.1, 0.15) is 201 Å². The van der Waals surface area contributed by atoms with E-state index in [1.165, 1.54) is 56.7 Å². The molecule has 12 nitrogen and oxygen atoms in total. The van der Waals surface area contributed by atoms with Gasteiger partial charge < -0.3 is 9.47 Å². The molecule has 0 aliphatic rings. The highest BCUT2D eigenvalue weighted by molar-refractivity contribution is 6.68. The number of carbonyl (C=O) groups is 4. The third kappa shape index (κ3) is 22.3. The zero-order chi connectivity index (χ0) is 50.0. The van der Waals surface area contributed by atoms with E-state index in [1.54, 1.807) is 42.6 Å². The van der Waals surface area contributed by atoms with E-state index >= 15 is 0 Å². The lowest BCUT2D eigenvalue weighted by atomic mass is 9.82. The molecule has 2 unspecified atom stereocenters. The van der Waals surface area contributed by atoms with Crippen LogP contribution in [0.25, 0.3) is 0 Å². The first kappa shape index (κ1) is 63.7. The van der Waals surface area contributed by atoms with Crippen LogP contribution in [0.15, 0.2) is 85.2 Å². The third-order valence-electron chi connectivity index (χ3n) is 11.5. The monoisotopic (exact) mass is 975 g/mol. The van der Waals surface area contributed by atoms with Gasteiger partial charge in [-0.15, -0.1) is 0 Å². The Morgan fingerprint density at radius 1 is 0.609 bits per heavy atom. The van der Waals surface area contributed by atoms with Gasteiger partial charge in [-0.1, -0.05) is 160 Å². The van der Waals surface area contributed by atoms with Crippen LogP contribution in [0, 0.1) is 10.8 Å². The number of carbonyl (C=O) groups excluding carboxylic acids is 4. The maximum atomic E-state index is 13.8. The maximum Gasteiger partial charge on any atom is 0.278 e. The fourth-order valence-electron chi connectivity index (χ4n) is 7.21. The lowest BCUT2D eigenvalue weighted by Crippen LogP contribution is -2.56. The van der Waals surface area contributed by atoms with E-state index in [0.717, 1.165) is 56.9 Å². The number of methoxy groups -OCH3 is 2. The molecule has 2 aromatic heterocycles. The molecule has 4 aromatic rings. The summed E-state index contributed by atoms with van der Waals surface area (Å²) in [5.41, 5.74) is 13.2. The minimum absolute atomic E-state index is 0. The summed E-state index contributed by atoms with van der Waals surface area (Å²) in [6, 6.07) is 21.9. The van der Waals surface area contributed by atoms with Crippen molar-refractivity contribution < 1.29 is 28.7 Å². The second-order valence-electron chi connectivity index (χ2n) is 18.7. The molecule has 4 rings (SSSR count). The number of halogens is 1.